The zero-order chi connectivity index (χ0) is 19.7. The summed E-state index contributed by atoms with van der Waals surface area (Å²) < 4.78 is 3.02. The van der Waals surface area contributed by atoms with Crippen molar-refractivity contribution in [2.24, 2.45) is 0 Å². The fraction of sp³-hybridized carbons (Fsp3) is 0.200. The van der Waals surface area contributed by atoms with Crippen molar-refractivity contribution in [3.05, 3.63) is 76.0 Å². The number of carbonyl (C=O) groups excluding carboxylic acids is 1. The van der Waals surface area contributed by atoms with Crippen LogP contribution in [0.2, 0.25) is 0 Å². The van der Waals surface area contributed by atoms with E-state index in [1.165, 1.54) is 10.7 Å². The Morgan fingerprint density at radius 2 is 1.96 bits per heavy atom. The molecule has 3 heterocycles. The molecule has 8 heteroatoms. The highest BCUT2D eigenvalue weighted by Crippen LogP contribution is 2.17. The van der Waals surface area contributed by atoms with E-state index in [0.29, 0.717) is 11.4 Å². The van der Waals surface area contributed by atoms with Crippen molar-refractivity contribution in [2.75, 3.05) is 6.54 Å². The van der Waals surface area contributed by atoms with Crippen LogP contribution in [0.15, 0.2) is 53.5 Å². The summed E-state index contributed by atoms with van der Waals surface area (Å²) in [7, 11) is 0. The summed E-state index contributed by atoms with van der Waals surface area (Å²) in [6.45, 7) is 4.38. The van der Waals surface area contributed by atoms with E-state index in [-0.39, 0.29) is 24.6 Å². The SMILES string of the molecule is Cc1cc(C)n(-c2ccc(=O)n(CCNC(=O)c3c[nH]c4ccccc34)n2)n1. The number of nitrogens with zero attached hydrogens (tertiary/aromatic N) is 4. The second-order valence-electron chi connectivity index (χ2n) is 6.60. The number of benzene rings is 1. The van der Waals surface area contributed by atoms with Crippen molar-refractivity contribution in [1.29, 1.82) is 0 Å². The van der Waals surface area contributed by atoms with Gasteiger partial charge in [-0.05, 0) is 32.0 Å². The van der Waals surface area contributed by atoms with Gasteiger partial charge in [0.05, 0.1) is 17.8 Å². The van der Waals surface area contributed by atoms with Crippen LogP contribution in [0.4, 0.5) is 0 Å². The second kappa shape index (κ2) is 7.15. The molecule has 0 saturated carbocycles. The Morgan fingerprint density at radius 3 is 2.75 bits per heavy atom. The van der Waals surface area contributed by atoms with Crippen molar-refractivity contribution >= 4 is 16.8 Å². The molecule has 0 saturated heterocycles. The first-order chi connectivity index (χ1) is 13.5. The van der Waals surface area contributed by atoms with Gasteiger partial charge in [-0.3, -0.25) is 9.59 Å². The number of aryl methyl sites for hydroxylation is 2. The molecule has 0 atom stereocenters. The highest BCUT2D eigenvalue weighted by molar-refractivity contribution is 6.06. The van der Waals surface area contributed by atoms with Gasteiger partial charge in [-0.2, -0.15) is 5.10 Å². The minimum absolute atomic E-state index is 0.194. The van der Waals surface area contributed by atoms with Crippen LogP contribution in [-0.4, -0.2) is 37.0 Å². The van der Waals surface area contributed by atoms with E-state index in [1.54, 1.807) is 16.9 Å². The molecule has 0 aliphatic carbocycles. The molecule has 28 heavy (non-hydrogen) atoms. The first-order valence-electron chi connectivity index (χ1n) is 8.99. The Balaban J connectivity index is 1.48. The molecule has 0 bridgehead atoms. The number of H-pyrrole nitrogens is 1. The molecule has 0 radical (unpaired) electrons. The van der Waals surface area contributed by atoms with Gasteiger partial charge in [-0.1, -0.05) is 18.2 Å². The summed E-state index contributed by atoms with van der Waals surface area (Å²) in [4.78, 5) is 27.7. The molecule has 2 N–H and O–H groups in total. The number of fused-ring (bicyclic) bond motifs is 1. The molecule has 0 aliphatic rings. The number of carbonyl (C=O) groups is 1. The predicted molar refractivity (Wildman–Crippen MR) is 106 cm³/mol. The van der Waals surface area contributed by atoms with Crippen molar-refractivity contribution in [3.8, 4) is 5.82 Å². The third-order valence-corrected chi connectivity index (χ3v) is 4.52. The lowest BCUT2D eigenvalue weighted by atomic mass is 10.1. The van der Waals surface area contributed by atoms with Crippen molar-refractivity contribution < 1.29 is 4.79 Å². The van der Waals surface area contributed by atoms with E-state index >= 15 is 0 Å². The van der Waals surface area contributed by atoms with Gasteiger partial charge < -0.3 is 10.3 Å². The Kier molecular flexibility index (Phi) is 4.52. The number of aromatic amines is 1. The number of hydrogen-bond donors (Lipinski definition) is 2. The molecule has 0 fully saturated rings. The Hall–Kier alpha value is -3.68. The third-order valence-electron chi connectivity index (χ3n) is 4.52. The number of amides is 1. The monoisotopic (exact) mass is 376 g/mol. The molecular formula is C20H20N6O2. The molecule has 1 aromatic carbocycles. The van der Waals surface area contributed by atoms with Gasteiger partial charge in [-0.25, -0.2) is 9.36 Å². The Morgan fingerprint density at radius 1 is 1.14 bits per heavy atom. The highest BCUT2D eigenvalue weighted by Gasteiger charge is 2.12. The van der Waals surface area contributed by atoms with E-state index in [4.69, 9.17) is 0 Å². The normalized spacial score (nSPS) is 11.1. The molecule has 4 rings (SSSR count). The number of rotatable bonds is 5. The minimum Gasteiger partial charge on any atom is -0.360 e. The van der Waals surface area contributed by atoms with Crippen LogP contribution in [0, 0.1) is 13.8 Å². The van der Waals surface area contributed by atoms with Gasteiger partial charge in [-0.15, -0.1) is 5.10 Å². The largest absolute Gasteiger partial charge is 0.360 e. The zero-order valence-electron chi connectivity index (χ0n) is 15.6. The van der Waals surface area contributed by atoms with Crippen LogP contribution in [-0.2, 0) is 6.54 Å². The molecule has 0 unspecified atom stereocenters. The van der Waals surface area contributed by atoms with Crippen LogP contribution in [0.3, 0.4) is 0 Å². The fourth-order valence-corrected chi connectivity index (χ4v) is 3.20. The molecule has 0 aliphatic heterocycles. The first kappa shape index (κ1) is 17.7. The molecule has 142 valence electrons. The summed E-state index contributed by atoms with van der Waals surface area (Å²) in [5.74, 6) is 0.369. The van der Waals surface area contributed by atoms with Gasteiger partial charge in [0.25, 0.3) is 11.5 Å². The quantitative estimate of drug-likeness (QED) is 0.556. The van der Waals surface area contributed by atoms with Crippen molar-refractivity contribution in [2.45, 2.75) is 20.4 Å². The maximum atomic E-state index is 12.5. The van der Waals surface area contributed by atoms with Crippen LogP contribution in [0.25, 0.3) is 16.7 Å². The summed E-state index contributed by atoms with van der Waals surface area (Å²) in [6, 6.07) is 12.7. The third kappa shape index (κ3) is 3.32. The van der Waals surface area contributed by atoms with Gasteiger partial charge in [0, 0.05) is 35.4 Å². The van der Waals surface area contributed by atoms with Crippen molar-refractivity contribution in [3.63, 3.8) is 0 Å². The van der Waals surface area contributed by atoms with E-state index in [0.717, 1.165) is 22.3 Å². The number of aromatic nitrogens is 5. The van der Waals surface area contributed by atoms with Gasteiger partial charge in [0.1, 0.15) is 0 Å². The molecule has 1 amide bonds. The summed E-state index contributed by atoms with van der Waals surface area (Å²) >= 11 is 0. The smallest absolute Gasteiger partial charge is 0.266 e. The molecule has 0 spiro atoms. The maximum Gasteiger partial charge on any atom is 0.266 e. The average Bonchev–Trinajstić information content (AvgIpc) is 3.26. The lowest BCUT2D eigenvalue weighted by Gasteiger charge is -2.09. The lowest BCUT2D eigenvalue weighted by molar-refractivity contribution is 0.0953. The first-order valence-corrected chi connectivity index (χ1v) is 8.99. The molecule has 3 aromatic heterocycles. The van der Waals surface area contributed by atoms with Crippen molar-refractivity contribution in [1.82, 2.24) is 29.9 Å². The maximum absolute atomic E-state index is 12.5. The summed E-state index contributed by atoms with van der Waals surface area (Å²) in [5.41, 5.74) is 3.06. The van der Waals surface area contributed by atoms with E-state index in [9.17, 15) is 9.59 Å². The Bertz CT molecular complexity index is 1220. The van der Waals surface area contributed by atoms with Crippen LogP contribution >= 0.6 is 0 Å². The van der Waals surface area contributed by atoms with E-state index in [1.807, 2.05) is 44.2 Å². The molecular weight excluding hydrogens is 356 g/mol. The molecule has 4 aromatic rings. The van der Waals surface area contributed by atoms with E-state index in [2.05, 4.69) is 20.5 Å². The minimum atomic E-state index is -0.230. The number of para-hydroxylation sites is 1. The summed E-state index contributed by atoms with van der Waals surface area (Å²) in [6.07, 6.45) is 1.69. The highest BCUT2D eigenvalue weighted by atomic mass is 16.2. The molecule has 8 nitrogen and oxygen atoms in total. The summed E-state index contributed by atoms with van der Waals surface area (Å²) in [5, 5.41) is 12.5. The zero-order valence-corrected chi connectivity index (χ0v) is 15.6. The average molecular weight is 376 g/mol. The van der Waals surface area contributed by atoms with E-state index < -0.39 is 0 Å². The topological polar surface area (TPSA) is 97.6 Å². The van der Waals surface area contributed by atoms with Gasteiger partial charge in [0.2, 0.25) is 0 Å². The van der Waals surface area contributed by atoms with Crippen LogP contribution in [0.5, 0.6) is 0 Å². The second-order valence-corrected chi connectivity index (χ2v) is 6.60. The van der Waals surface area contributed by atoms with Crippen LogP contribution in [0.1, 0.15) is 21.7 Å². The standard InChI is InChI=1S/C20H20N6O2/c1-13-11-14(2)26(23-13)18-7-8-19(27)25(24-18)10-9-21-20(28)16-12-22-17-6-4-3-5-15(16)17/h3-8,11-12,22H,9-10H2,1-2H3,(H,21,28). The van der Waals surface area contributed by atoms with Crippen LogP contribution < -0.4 is 10.9 Å². The Labute approximate surface area is 160 Å². The lowest BCUT2D eigenvalue weighted by Crippen LogP contribution is -2.32. The predicted octanol–water partition coefficient (Wildman–Crippen LogP) is 1.96. The van der Waals surface area contributed by atoms with Gasteiger partial charge in [0.15, 0.2) is 5.82 Å². The number of nitrogens with one attached hydrogen (secondary N) is 2. The fourth-order valence-electron chi connectivity index (χ4n) is 3.20. The number of hydrogen-bond acceptors (Lipinski definition) is 4. The van der Waals surface area contributed by atoms with Gasteiger partial charge >= 0.3 is 0 Å².